The van der Waals surface area contributed by atoms with Gasteiger partial charge in [-0.3, -0.25) is 19.3 Å². The van der Waals surface area contributed by atoms with E-state index in [2.05, 4.69) is 34.0 Å². The van der Waals surface area contributed by atoms with E-state index < -0.39 is 28.7 Å². The molecule has 224 valence electrons. The molecule has 0 saturated carbocycles. The van der Waals surface area contributed by atoms with Gasteiger partial charge in [0.2, 0.25) is 11.8 Å². The molecule has 3 unspecified atom stereocenters. The number of morpholine rings is 1. The molecule has 4 saturated heterocycles. The Kier molecular flexibility index (Phi) is 11.2. The number of rotatable bonds is 15. The maximum Gasteiger partial charge on any atom is 0.310 e. The molecule has 7 atom stereocenters. The van der Waals surface area contributed by atoms with E-state index in [9.17, 15) is 19.5 Å². The van der Waals surface area contributed by atoms with Crippen molar-refractivity contribution in [3.8, 4) is 0 Å². The molecule has 0 aliphatic carbocycles. The first kappa shape index (κ1) is 31.5. The molecule has 11 heteroatoms. The van der Waals surface area contributed by atoms with Crippen molar-refractivity contribution in [3.63, 3.8) is 0 Å². The monoisotopic (exact) mass is 641 g/mol. The molecule has 0 aromatic rings. The molecule has 1 spiro atoms. The Morgan fingerprint density at radius 2 is 2.05 bits per heavy atom. The van der Waals surface area contributed by atoms with Gasteiger partial charge < -0.3 is 24.4 Å². The summed E-state index contributed by atoms with van der Waals surface area (Å²) in [6, 6.07) is -1.28. The van der Waals surface area contributed by atoms with Crippen molar-refractivity contribution in [1.29, 1.82) is 0 Å². The first-order valence-corrected chi connectivity index (χ1v) is 16.4. The average Bonchev–Trinajstić information content (AvgIpc) is 3.55. The lowest BCUT2D eigenvalue weighted by atomic mass is 9.71. The number of unbranched alkanes of at least 4 members (excludes halogenated alkanes) is 2. The van der Waals surface area contributed by atoms with Crippen LogP contribution < -0.4 is 0 Å². The highest BCUT2D eigenvalue weighted by molar-refractivity contribution is 9.09. The Morgan fingerprint density at radius 1 is 1.30 bits per heavy atom. The highest BCUT2D eigenvalue weighted by Crippen LogP contribution is 2.68. The van der Waals surface area contributed by atoms with E-state index in [0.717, 1.165) is 32.4 Å². The summed E-state index contributed by atoms with van der Waals surface area (Å²) in [7, 11) is 0. The number of alkyl halides is 1. The number of allylic oxidation sites excluding steroid dienone is 1. The van der Waals surface area contributed by atoms with Crippen LogP contribution in [0.1, 0.15) is 39.0 Å². The van der Waals surface area contributed by atoms with Gasteiger partial charge in [0.15, 0.2) is 0 Å². The molecular weight excluding hydrogens is 598 g/mol. The van der Waals surface area contributed by atoms with Crippen LogP contribution in [0.5, 0.6) is 0 Å². The second kappa shape index (κ2) is 14.2. The number of likely N-dealkylation sites (tertiary alicyclic amines) is 1. The van der Waals surface area contributed by atoms with Crippen LogP contribution in [0.3, 0.4) is 0 Å². The van der Waals surface area contributed by atoms with Crippen LogP contribution in [0.2, 0.25) is 0 Å². The number of thioether (sulfide) groups is 1. The molecule has 9 nitrogen and oxygen atoms in total. The minimum Gasteiger partial charge on any atom is -0.465 e. The highest BCUT2D eigenvalue weighted by Gasteiger charge is 2.76. The van der Waals surface area contributed by atoms with Crippen molar-refractivity contribution in [3.05, 3.63) is 25.3 Å². The molecule has 4 aliphatic rings. The van der Waals surface area contributed by atoms with Gasteiger partial charge in [-0.15, -0.1) is 24.9 Å². The van der Waals surface area contributed by atoms with Crippen LogP contribution >= 0.6 is 27.7 Å². The number of carbonyl (C=O) groups excluding carboxylic acids is 3. The van der Waals surface area contributed by atoms with Crippen molar-refractivity contribution in [2.45, 2.75) is 65.9 Å². The Balaban J connectivity index is 1.61. The number of esters is 1. The third-order valence-corrected chi connectivity index (χ3v) is 12.0. The molecule has 0 radical (unpaired) electrons. The summed E-state index contributed by atoms with van der Waals surface area (Å²) in [5.74, 6) is -2.00. The van der Waals surface area contributed by atoms with Gasteiger partial charge in [-0.25, -0.2) is 0 Å². The second-order valence-electron chi connectivity index (χ2n) is 11.1. The van der Waals surface area contributed by atoms with Crippen LogP contribution in [0.4, 0.5) is 0 Å². The zero-order chi connectivity index (χ0) is 28.9. The predicted molar refractivity (Wildman–Crippen MR) is 159 cm³/mol. The quantitative estimate of drug-likeness (QED) is 0.126. The van der Waals surface area contributed by atoms with Crippen LogP contribution in [-0.4, -0.2) is 124 Å². The third kappa shape index (κ3) is 6.04. The fourth-order valence-electron chi connectivity index (χ4n) is 6.79. The smallest absolute Gasteiger partial charge is 0.310 e. The number of fused-ring (bicyclic) bond motifs is 1. The average molecular weight is 643 g/mol. The van der Waals surface area contributed by atoms with Crippen LogP contribution in [0, 0.1) is 11.8 Å². The van der Waals surface area contributed by atoms with Gasteiger partial charge in [0.25, 0.3) is 0 Å². The lowest BCUT2D eigenvalue weighted by molar-refractivity contribution is -0.154. The normalized spacial score (nSPS) is 32.1. The lowest BCUT2D eigenvalue weighted by Crippen LogP contribution is -2.58. The van der Waals surface area contributed by atoms with Gasteiger partial charge in [-0.1, -0.05) is 35.0 Å². The van der Waals surface area contributed by atoms with Crippen molar-refractivity contribution in [1.82, 2.24) is 14.7 Å². The summed E-state index contributed by atoms with van der Waals surface area (Å²) in [5, 5.41) is 10.1. The maximum atomic E-state index is 14.5. The molecular formula is C29H44BrN3O6S. The van der Waals surface area contributed by atoms with Crippen LogP contribution in [0.25, 0.3) is 0 Å². The Hall–Kier alpha value is -1.40. The molecule has 0 aromatic carbocycles. The number of aliphatic hydroxyl groups excluding tert-OH is 1. The van der Waals surface area contributed by atoms with Gasteiger partial charge in [0.05, 0.1) is 49.1 Å². The minimum absolute atomic E-state index is 0.0227. The van der Waals surface area contributed by atoms with E-state index in [4.69, 9.17) is 9.47 Å². The molecule has 4 aliphatic heterocycles. The third-order valence-electron chi connectivity index (χ3n) is 8.81. The largest absolute Gasteiger partial charge is 0.465 e. The number of hydrogen-bond acceptors (Lipinski definition) is 8. The Morgan fingerprint density at radius 3 is 2.70 bits per heavy atom. The molecule has 4 fully saturated rings. The van der Waals surface area contributed by atoms with Gasteiger partial charge in [-0.2, -0.15) is 0 Å². The van der Waals surface area contributed by atoms with E-state index in [-0.39, 0.29) is 34.5 Å². The van der Waals surface area contributed by atoms with Crippen LogP contribution in [0.15, 0.2) is 25.3 Å². The topological polar surface area (TPSA) is 99.6 Å². The zero-order valence-corrected chi connectivity index (χ0v) is 26.0. The molecule has 0 aromatic heterocycles. The van der Waals surface area contributed by atoms with Crippen molar-refractivity contribution in [2.24, 2.45) is 11.8 Å². The summed E-state index contributed by atoms with van der Waals surface area (Å²) in [6.07, 6.45) is 7.15. The van der Waals surface area contributed by atoms with Gasteiger partial charge >= 0.3 is 5.97 Å². The molecule has 4 rings (SSSR count). The van der Waals surface area contributed by atoms with Crippen molar-refractivity contribution < 1.29 is 29.0 Å². The Bertz CT molecular complexity index is 945. The van der Waals surface area contributed by atoms with E-state index in [1.807, 2.05) is 13.0 Å². The van der Waals surface area contributed by atoms with Crippen molar-refractivity contribution in [2.75, 3.05) is 59.2 Å². The van der Waals surface area contributed by atoms with Crippen LogP contribution in [-0.2, 0) is 23.9 Å². The molecule has 4 heterocycles. The standard InChI is InChI=1S/C29H44BrN3O6S/c1-4-7-8-9-15-39-28(37)22-23-26(35)33(20(6-3)19-34)25(29(23)18-21(30)24(22)40-29)27(36)32(10-5-2)12-11-31-13-16-38-17-14-31/h4-5,20-25,34H,1-2,6-19H2,3H3/t20-,21?,22+,23-,24+,25?,29?/m0/s1. The second-order valence-corrected chi connectivity index (χ2v) is 13.8. The SMILES string of the molecule is C=CCCCCOC(=O)[C@H]1[C@@H]2SC3(CC2Br)C(C(=O)N(CC=C)CCN2CCOCC2)N([C@@H](CC)CO)C(=O)[C@H]13. The number of hydrogen-bond donors (Lipinski definition) is 1. The number of halogens is 1. The summed E-state index contributed by atoms with van der Waals surface area (Å²) in [4.78, 5) is 47.9. The van der Waals surface area contributed by atoms with Gasteiger partial charge in [0, 0.05) is 42.8 Å². The van der Waals surface area contributed by atoms with E-state index >= 15 is 0 Å². The van der Waals surface area contributed by atoms with Crippen molar-refractivity contribution >= 4 is 45.5 Å². The molecule has 2 bridgehead atoms. The number of ether oxygens (including phenoxy) is 2. The number of carbonyl (C=O) groups is 3. The fourth-order valence-corrected chi connectivity index (χ4v) is 10.4. The molecule has 2 amide bonds. The summed E-state index contributed by atoms with van der Waals surface area (Å²) in [6.45, 7) is 14.1. The zero-order valence-electron chi connectivity index (χ0n) is 23.5. The van der Waals surface area contributed by atoms with Gasteiger partial charge in [0.1, 0.15) is 6.04 Å². The van der Waals surface area contributed by atoms with Gasteiger partial charge in [-0.05, 0) is 32.1 Å². The highest BCUT2D eigenvalue weighted by atomic mass is 79.9. The fraction of sp³-hybridized carbons (Fsp3) is 0.759. The number of amides is 2. The van der Waals surface area contributed by atoms with E-state index in [0.29, 0.717) is 52.3 Å². The lowest BCUT2D eigenvalue weighted by Gasteiger charge is -2.40. The molecule has 40 heavy (non-hydrogen) atoms. The summed E-state index contributed by atoms with van der Waals surface area (Å²) < 4.78 is 10.4. The minimum atomic E-state index is -0.771. The summed E-state index contributed by atoms with van der Waals surface area (Å²) >= 11 is 5.40. The number of aliphatic hydroxyl groups is 1. The molecule has 1 N–H and O–H groups in total. The maximum absolute atomic E-state index is 14.5. The first-order chi connectivity index (χ1) is 19.3. The first-order valence-electron chi connectivity index (χ1n) is 14.6. The predicted octanol–water partition coefficient (Wildman–Crippen LogP) is 2.47. The van der Waals surface area contributed by atoms with E-state index in [1.165, 1.54) is 0 Å². The number of nitrogens with zero attached hydrogens (tertiary/aromatic N) is 3. The van der Waals surface area contributed by atoms with E-state index in [1.54, 1.807) is 27.6 Å². The summed E-state index contributed by atoms with van der Waals surface area (Å²) in [5.41, 5.74) is 0. The Labute approximate surface area is 250 Å².